The number of benzene rings is 1. The molecule has 2 saturated carbocycles. The van der Waals surface area contributed by atoms with Crippen LogP contribution in [0, 0.1) is 29.1 Å². The largest absolute Gasteiger partial charge is 0.496 e. The number of hydrogen-bond donors (Lipinski definition) is 2. The molecular weight excluding hydrogens is 432 g/mol. The summed E-state index contributed by atoms with van der Waals surface area (Å²) in [4.78, 5) is 43.7. The molecule has 0 bridgehead atoms. The zero-order chi connectivity index (χ0) is 23.8. The number of Topliss-reactive ketones (excluding diaryl/α,β-unsaturated/α-hetero) is 1. The smallest absolute Gasteiger partial charge is 0.270 e. The Hall–Kier alpha value is -3.34. The second-order valence-electron chi connectivity index (χ2n) is 9.89. The summed E-state index contributed by atoms with van der Waals surface area (Å²) in [5, 5.41) is 13.3. The van der Waals surface area contributed by atoms with E-state index in [1.54, 1.807) is 18.1 Å². The van der Waals surface area contributed by atoms with E-state index in [1.165, 1.54) is 0 Å². The number of ketones is 1. The fourth-order valence-corrected chi connectivity index (χ4v) is 5.66. The summed E-state index contributed by atoms with van der Waals surface area (Å²) in [6.07, 6.45) is 5.39. The van der Waals surface area contributed by atoms with Crippen molar-refractivity contribution in [1.29, 1.82) is 5.26 Å². The first-order valence-corrected chi connectivity index (χ1v) is 12.2. The number of nitriles is 1. The van der Waals surface area contributed by atoms with Gasteiger partial charge in [-0.2, -0.15) is 5.26 Å². The first-order chi connectivity index (χ1) is 16.5. The minimum absolute atomic E-state index is 0.160. The van der Waals surface area contributed by atoms with E-state index in [4.69, 9.17) is 4.74 Å². The lowest BCUT2D eigenvalue weighted by Gasteiger charge is -2.25. The number of carbonyl (C=O) groups excluding carboxylic acids is 3. The van der Waals surface area contributed by atoms with E-state index < -0.39 is 12.1 Å². The number of H-pyrrole nitrogens is 1. The average Bonchev–Trinajstić information content (AvgIpc) is 3.25. The number of ether oxygens (including phenoxy) is 1. The van der Waals surface area contributed by atoms with E-state index in [2.05, 4.69) is 16.4 Å². The zero-order valence-corrected chi connectivity index (χ0v) is 19.4. The molecule has 34 heavy (non-hydrogen) atoms. The Bertz CT molecular complexity index is 1160. The topological polar surface area (TPSA) is 115 Å². The maximum absolute atomic E-state index is 13.6. The molecule has 2 aliphatic carbocycles. The standard InChI is InChI=1S/C26H30N4O4/c1-34-24-7-3-5-20-19(24)12-21(29-20)26(33)30-14-17(15-8-9-15)11-22(30)25(32)28-18(13-27)10-16-4-2-6-23(16)31/h3,5,7,12,15-18,22,29H,2,4,6,8-11,14H2,1H3,(H,28,32). The van der Waals surface area contributed by atoms with Crippen LogP contribution >= 0.6 is 0 Å². The number of fused-ring (bicyclic) bond motifs is 1. The lowest BCUT2D eigenvalue weighted by molar-refractivity contribution is -0.126. The molecule has 0 spiro atoms. The predicted molar refractivity (Wildman–Crippen MR) is 125 cm³/mol. The third-order valence-electron chi connectivity index (χ3n) is 7.68. The third-order valence-corrected chi connectivity index (χ3v) is 7.68. The first kappa shape index (κ1) is 22.5. The fourth-order valence-electron chi connectivity index (χ4n) is 5.66. The Labute approximate surface area is 198 Å². The number of hydrogen-bond acceptors (Lipinski definition) is 5. The highest BCUT2D eigenvalue weighted by molar-refractivity contribution is 6.01. The molecule has 3 fully saturated rings. The van der Waals surface area contributed by atoms with Crippen molar-refractivity contribution >= 4 is 28.5 Å². The highest BCUT2D eigenvalue weighted by atomic mass is 16.5. The van der Waals surface area contributed by atoms with Crippen LogP contribution in [0.25, 0.3) is 10.9 Å². The van der Waals surface area contributed by atoms with Crippen molar-refractivity contribution in [2.75, 3.05) is 13.7 Å². The van der Waals surface area contributed by atoms with Gasteiger partial charge in [0.1, 0.15) is 29.3 Å². The molecule has 8 nitrogen and oxygen atoms in total. The molecule has 2 heterocycles. The Morgan fingerprint density at radius 1 is 1.29 bits per heavy atom. The van der Waals surface area contributed by atoms with Gasteiger partial charge in [0.25, 0.3) is 5.91 Å². The van der Waals surface area contributed by atoms with Crippen molar-refractivity contribution in [3.63, 3.8) is 0 Å². The van der Waals surface area contributed by atoms with Crippen molar-refractivity contribution < 1.29 is 19.1 Å². The van der Waals surface area contributed by atoms with Gasteiger partial charge in [0.05, 0.1) is 13.2 Å². The van der Waals surface area contributed by atoms with E-state index in [0.717, 1.165) is 36.6 Å². The number of aromatic nitrogens is 1. The molecule has 5 rings (SSSR count). The van der Waals surface area contributed by atoms with E-state index >= 15 is 0 Å². The number of nitrogens with zero attached hydrogens (tertiary/aromatic N) is 2. The van der Waals surface area contributed by atoms with Crippen LogP contribution in [-0.4, -0.2) is 53.2 Å². The van der Waals surface area contributed by atoms with Crippen LogP contribution in [0.15, 0.2) is 24.3 Å². The van der Waals surface area contributed by atoms with Crippen LogP contribution in [-0.2, 0) is 9.59 Å². The summed E-state index contributed by atoms with van der Waals surface area (Å²) in [7, 11) is 1.59. The van der Waals surface area contributed by atoms with Gasteiger partial charge in [-0.05, 0) is 68.6 Å². The quantitative estimate of drug-likeness (QED) is 0.656. The average molecular weight is 463 g/mol. The van der Waals surface area contributed by atoms with Gasteiger partial charge >= 0.3 is 0 Å². The van der Waals surface area contributed by atoms with E-state index in [0.29, 0.717) is 43.2 Å². The number of amides is 2. The van der Waals surface area contributed by atoms with Gasteiger partial charge in [-0.15, -0.1) is 0 Å². The zero-order valence-electron chi connectivity index (χ0n) is 19.4. The van der Waals surface area contributed by atoms with Crippen LogP contribution in [0.2, 0.25) is 0 Å². The molecule has 8 heteroatoms. The summed E-state index contributed by atoms with van der Waals surface area (Å²) in [5.41, 5.74) is 1.22. The molecule has 1 aliphatic heterocycles. The Balaban J connectivity index is 1.35. The highest BCUT2D eigenvalue weighted by Crippen LogP contribution is 2.43. The summed E-state index contributed by atoms with van der Waals surface area (Å²) >= 11 is 0. The molecule has 4 atom stereocenters. The SMILES string of the molecule is COc1cccc2[nH]c(C(=O)N3CC(C4CC4)CC3C(=O)NC(C#N)CC3CCCC3=O)cc12. The number of carbonyl (C=O) groups is 3. The second kappa shape index (κ2) is 9.13. The van der Waals surface area contributed by atoms with Gasteiger partial charge in [0, 0.05) is 29.8 Å². The van der Waals surface area contributed by atoms with Crippen molar-refractivity contribution in [2.24, 2.45) is 17.8 Å². The Morgan fingerprint density at radius 3 is 2.79 bits per heavy atom. The third kappa shape index (κ3) is 4.27. The highest BCUT2D eigenvalue weighted by Gasteiger charge is 2.46. The van der Waals surface area contributed by atoms with Crippen LogP contribution in [0.5, 0.6) is 5.75 Å². The van der Waals surface area contributed by atoms with Crippen LogP contribution in [0.4, 0.5) is 0 Å². The second-order valence-corrected chi connectivity index (χ2v) is 9.89. The van der Waals surface area contributed by atoms with Gasteiger partial charge < -0.3 is 19.9 Å². The molecule has 2 amide bonds. The van der Waals surface area contributed by atoms with Gasteiger partial charge in [0.15, 0.2) is 0 Å². The number of nitrogens with one attached hydrogen (secondary N) is 2. The predicted octanol–water partition coefficient (Wildman–Crippen LogP) is 3.18. The number of rotatable bonds is 7. The van der Waals surface area contributed by atoms with Crippen molar-refractivity contribution in [3.8, 4) is 11.8 Å². The molecular formula is C26H30N4O4. The maximum atomic E-state index is 13.6. The molecule has 1 saturated heterocycles. The van der Waals surface area contributed by atoms with Crippen LogP contribution in [0.3, 0.4) is 0 Å². The Morgan fingerprint density at radius 2 is 2.12 bits per heavy atom. The van der Waals surface area contributed by atoms with Gasteiger partial charge in [0.2, 0.25) is 5.91 Å². The minimum atomic E-state index is -0.728. The van der Waals surface area contributed by atoms with E-state index in [-0.39, 0.29) is 29.4 Å². The maximum Gasteiger partial charge on any atom is 0.270 e. The van der Waals surface area contributed by atoms with Crippen molar-refractivity contribution in [3.05, 3.63) is 30.0 Å². The molecule has 2 N–H and O–H groups in total. The molecule has 4 unspecified atom stereocenters. The summed E-state index contributed by atoms with van der Waals surface area (Å²) in [6, 6.07) is 8.16. The Kier molecular flexibility index (Phi) is 6.03. The summed E-state index contributed by atoms with van der Waals surface area (Å²) in [6.45, 7) is 0.534. The van der Waals surface area contributed by atoms with Gasteiger partial charge in [-0.3, -0.25) is 14.4 Å². The lowest BCUT2D eigenvalue weighted by atomic mass is 9.97. The number of aromatic amines is 1. The molecule has 1 aromatic carbocycles. The van der Waals surface area contributed by atoms with Crippen LogP contribution < -0.4 is 10.1 Å². The molecule has 0 radical (unpaired) electrons. The number of methoxy groups -OCH3 is 1. The van der Waals surface area contributed by atoms with E-state index in [9.17, 15) is 19.6 Å². The van der Waals surface area contributed by atoms with Crippen LogP contribution in [0.1, 0.15) is 55.4 Å². The molecule has 2 aromatic rings. The lowest BCUT2D eigenvalue weighted by Crippen LogP contribution is -2.49. The molecule has 1 aromatic heterocycles. The summed E-state index contributed by atoms with van der Waals surface area (Å²) in [5.74, 6) is 1.01. The van der Waals surface area contributed by atoms with Gasteiger partial charge in [-0.25, -0.2) is 0 Å². The minimum Gasteiger partial charge on any atom is -0.496 e. The molecule has 3 aliphatic rings. The molecule has 178 valence electrons. The normalized spacial score (nSPS) is 25.4. The fraction of sp³-hybridized carbons (Fsp3) is 0.538. The van der Waals surface area contributed by atoms with E-state index in [1.807, 2.05) is 18.2 Å². The number of likely N-dealkylation sites (tertiary alicyclic amines) is 1. The van der Waals surface area contributed by atoms with Crippen molar-refractivity contribution in [1.82, 2.24) is 15.2 Å². The monoisotopic (exact) mass is 462 g/mol. The first-order valence-electron chi connectivity index (χ1n) is 12.2. The van der Waals surface area contributed by atoms with Gasteiger partial charge in [-0.1, -0.05) is 6.07 Å². The van der Waals surface area contributed by atoms with Crippen molar-refractivity contribution in [2.45, 2.75) is 57.0 Å². The summed E-state index contributed by atoms with van der Waals surface area (Å²) < 4.78 is 5.42.